The lowest BCUT2D eigenvalue weighted by Gasteiger charge is -2.49. The first-order chi connectivity index (χ1) is 10.6. The summed E-state index contributed by atoms with van der Waals surface area (Å²) in [5.41, 5.74) is 0.915. The smallest absolute Gasteiger partial charge is 0.237 e. The van der Waals surface area contributed by atoms with Crippen LogP contribution in [0.15, 0.2) is 0 Å². The SMILES string of the molecule is N#C[C@@H]1CCCN1C(=O)CNC12CC3CC4CC(C1)C4(C3)C2. The maximum atomic E-state index is 12.5. The Balaban J connectivity index is 1.28. The molecule has 5 aliphatic rings. The van der Waals surface area contributed by atoms with Crippen LogP contribution < -0.4 is 5.32 Å². The van der Waals surface area contributed by atoms with E-state index in [2.05, 4.69) is 11.4 Å². The molecule has 1 aliphatic heterocycles. The van der Waals surface area contributed by atoms with E-state index in [0.29, 0.717) is 12.0 Å². The Hall–Kier alpha value is -1.08. The van der Waals surface area contributed by atoms with E-state index in [1.807, 2.05) is 0 Å². The predicted octanol–water partition coefficient (Wildman–Crippen LogP) is 2.06. The fourth-order valence-electron chi connectivity index (χ4n) is 7.13. The number of hydrogen-bond acceptors (Lipinski definition) is 3. The molecule has 0 radical (unpaired) electrons. The van der Waals surface area contributed by atoms with Gasteiger partial charge in [0.2, 0.25) is 5.91 Å². The Morgan fingerprint density at radius 3 is 3.05 bits per heavy atom. The molecule has 5 rings (SSSR count). The van der Waals surface area contributed by atoms with Crippen molar-refractivity contribution in [1.29, 1.82) is 5.26 Å². The largest absolute Gasteiger partial charge is 0.326 e. The van der Waals surface area contributed by atoms with Gasteiger partial charge >= 0.3 is 0 Å². The van der Waals surface area contributed by atoms with Crippen LogP contribution in [-0.2, 0) is 4.79 Å². The highest BCUT2D eigenvalue weighted by Gasteiger charge is 2.70. The third-order valence-corrected chi connectivity index (χ3v) is 7.80. The average molecular weight is 299 g/mol. The van der Waals surface area contributed by atoms with E-state index in [-0.39, 0.29) is 17.5 Å². The number of nitrogens with one attached hydrogen (secondary N) is 1. The van der Waals surface area contributed by atoms with Crippen molar-refractivity contribution in [2.45, 2.75) is 62.9 Å². The first kappa shape index (κ1) is 13.4. The van der Waals surface area contributed by atoms with Gasteiger partial charge in [0.25, 0.3) is 0 Å². The Labute approximate surface area is 132 Å². The van der Waals surface area contributed by atoms with E-state index < -0.39 is 0 Å². The van der Waals surface area contributed by atoms with Gasteiger partial charge in [-0.25, -0.2) is 0 Å². The number of amides is 1. The van der Waals surface area contributed by atoms with E-state index in [9.17, 15) is 4.79 Å². The zero-order chi connectivity index (χ0) is 14.9. The summed E-state index contributed by atoms with van der Waals surface area (Å²) in [6.07, 6.45) is 10.1. The number of nitriles is 1. The van der Waals surface area contributed by atoms with Crippen LogP contribution in [0.5, 0.6) is 0 Å². The molecule has 4 aliphatic carbocycles. The maximum Gasteiger partial charge on any atom is 0.237 e. The molecule has 3 bridgehead atoms. The summed E-state index contributed by atoms with van der Waals surface area (Å²) in [5, 5.41) is 12.9. The normalized spacial score (nSPS) is 50.8. The topological polar surface area (TPSA) is 56.1 Å². The van der Waals surface area contributed by atoms with Gasteiger partial charge in [0, 0.05) is 12.1 Å². The second-order valence-electron chi connectivity index (χ2n) is 8.76. The summed E-state index contributed by atoms with van der Waals surface area (Å²) in [4.78, 5) is 14.3. The molecule has 4 heteroatoms. The molecular weight excluding hydrogens is 274 g/mol. The van der Waals surface area contributed by atoms with Gasteiger partial charge in [-0.05, 0) is 74.5 Å². The van der Waals surface area contributed by atoms with Crippen LogP contribution in [0.1, 0.15) is 51.4 Å². The lowest BCUT2D eigenvalue weighted by Crippen LogP contribution is -2.51. The highest BCUT2D eigenvalue weighted by atomic mass is 16.2. The van der Waals surface area contributed by atoms with E-state index >= 15 is 0 Å². The fourth-order valence-corrected chi connectivity index (χ4v) is 7.13. The van der Waals surface area contributed by atoms with Crippen LogP contribution >= 0.6 is 0 Å². The van der Waals surface area contributed by atoms with Crippen molar-refractivity contribution >= 4 is 5.91 Å². The Morgan fingerprint density at radius 1 is 1.27 bits per heavy atom. The van der Waals surface area contributed by atoms with Crippen molar-refractivity contribution in [2.24, 2.45) is 23.2 Å². The molecule has 0 aromatic heterocycles. The van der Waals surface area contributed by atoms with Crippen LogP contribution in [0.2, 0.25) is 0 Å². The van der Waals surface area contributed by atoms with Gasteiger partial charge in [0.05, 0.1) is 12.6 Å². The standard InChI is InChI=1S/C18H25N3O/c19-9-15-2-1-3-21(15)16(22)10-20-17-6-12-4-13-5-14(8-17)18(13,7-12)11-17/h12-15,20H,1-8,10-11H2/t12?,13?,14?,15-,17?,18?/m0/s1. The summed E-state index contributed by atoms with van der Waals surface area (Å²) in [7, 11) is 0. The zero-order valence-electron chi connectivity index (χ0n) is 13.2. The molecule has 22 heavy (non-hydrogen) atoms. The molecular formula is C18H25N3O. The van der Waals surface area contributed by atoms with Crippen molar-refractivity contribution in [3.63, 3.8) is 0 Å². The van der Waals surface area contributed by atoms with E-state index in [4.69, 9.17) is 5.26 Å². The lowest BCUT2D eigenvalue weighted by molar-refractivity contribution is -0.130. The number of likely N-dealkylation sites (tertiary alicyclic amines) is 1. The van der Waals surface area contributed by atoms with E-state index in [0.717, 1.165) is 37.1 Å². The van der Waals surface area contributed by atoms with Crippen LogP contribution in [0.3, 0.4) is 0 Å². The molecule has 4 nitrogen and oxygen atoms in total. The lowest BCUT2D eigenvalue weighted by atomic mass is 9.56. The summed E-state index contributed by atoms with van der Waals surface area (Å²) in [5.74, 6) is 2.99. The highest BCUT2D eigenvalue weighted by Crippen LogP contribution is 2.76. The Kier molecular flexibility index (Phi) is 2.59. The van der Waals surface area contributed by atoms with Crippen LogP contribution in [0, 0.1) is 34.5 Å². The molecule has 1 heterocycles. The first-order valence-corrected chi connectivity index (χ1v) is 9.08. The van der Waals surface area contributed by atoms with Gasteiger partial charge in [-0.2, -0.15) is 5.26 Å². The third-order valence-electron chi connectivity index (χ3n) is 7.80. The van der Waals surface area contributed by atoms with Crippen molar-refractivity contribution in [2.75, 3.05) is 13.1 Å². The third kappa shape index (κ3) is 1.58. The minimum atomic E-state index is -0.183. The van der Waals surface area contributed by atoms with Crippen molar-refractivity contribution in [3.8, 4) is 6.07 Å². The number of carbonyl (C=O) groups excluding carboxylic acids is 1. The molecule has 1 saturated heterocycles. The Bertz CT molecular complexity index is 565. The predicted molar refractivity (Wildman–Crippen MR) is 81.7 cm³/mol. The van der Waals surface area contributed by atoms with Crippen LogP contribution in [0.4, 0.5) is 0 Å². The first-order valence-electron chi connectivity index (χ1n) is 9.08. The molecule has 0 aromatic rings. The summed E-state index contributed by atoms with van der Waals surface area (Å²) in [6, 6.07) is 2.10. The zero-order valence-corrected chi connectivity index (χ0v) is 13.2. The molecule has 5 fully saturated rings. The van der Waals surface area contributed by atoms with Gasteiger partial charge in [-0.1, -0.05) is 0 Å². The molecule has 1 N–H and O–H groups in total. The van der Waals surface area contributed by atoms with Crippen LogP contribution in [0.25, 0.3) is 0 Å². The molecule has 4 saturated carbocycles. The number of rotatable bonds is 3. The highest BCUT2D eigenvalue weighted by molar-refractivity contribution is 5.79. The number of carbonyl (C=O) groups is 1. The summed E-state index contributed by atoms with van der Waals surface area (Å²) in [6.45, 7) is 1.21. The molecule has 1 amide bonds. The van der Waals surface area contributed by atoms with Gasteiger partial charge < -0.3 is 10.2 Å². The van der Waals surface area contributed by atoms with Gasteiger partial charge in [0.1, 0.15) is 6.04 Å². The maximum absolute atomic E-state index is 12.5. The molecule has 0 aromatic carbocycles. The minimum Gasteiger partial charge on any atom is -0.326 e. The summed E-state index contributed by atoms with van der Waals surface area (Å²) >= 11 is 0. The van der Waals surface area contributed by atoms with E-state index in [1.54, 1.807) is 4.90 Å². The van der Waals surface area contributed by atoms with Crippen molar-refractivity contribution < 1.29 is 4.79 Å². The number of nitrogens with zero attached hydrogens (tertiary/aromatic N) is 2. The van der Waals surface area contributed by atoms with Gasteiger partial charge in [0.15, 0.2) is 0 Å². The molecule has 5 unspecified atom stereocenters. The minimum absolute atomic E-state index is 0.143. The van der Waals surface area contributed by atoms with Crippen molar-refractivity contribution in [1.82, 2.24) is 10.2 Å². The van der Waals surface area contributed by atoms with Gasteiger partial charge in [-0.15, -0.1) is 0 Å². The Morgan fingerprint density at radius 2 is 2.18 bits per heavy atom. The fraction of sp³-hybridized carbons (Fsp3) is 0.889. The monoisotopic (exact) mass is 299 g/mol. The summed E-state index contributed by atoms with van der Waals surface area (Å²) < 4.78 is 0. The molecule has 118 valence electrons. The number of fused-ring (bicyclic) bond motifs is 2. The van der Waals surface area contributed by atoms with Gasteiger partial charge in [-0.3, -0.25) is 4.79 Å². The van der Waals surface area contributed by atoms with Crippen molar-refractivity contribution in [3.05, 3.63) is 0 Å². The van der Waals surface area contributed by atoms with E-state index in [1.165, 1.54) is 38.5 Å². The van der Waals surface area contributed by atoms with Crippen LogP contribution in [-0.4, -0.2) is 35.5 Å². The quantitative estimate of drug-likeness (QED) is 0.868. The second-order valence-corrected chi connectivity index (χ2v) is 8.76. The molecule has 6 atom stereocenters. The molecule has 1 spiro atoms. The average Bonchev–Trinajstić information content (AvgIpc) is 3.10. The second kappa shape index (κ2) is 4.26. The number of hydrogen-bond donors (Lipinski definition) is 1.